The lowest BCUT2D eigenvalue weighted by atomic mass is 10.1. The number of amides is 1. The molecular formula is C16H25NO3. The molecule has 4 heteroatoms. The van der Waals surface area contributed by atoms with Crippen LogP contribution in [0.15, 0.2) is 18.2 Å². The van der Waals surface area contributed by atoms with Gasteiger partial charge in [0.2, 0.25) is 0 Å². The summed E-state index contributed by atoms with van der Waals surface area (Å²) in [4.78, 5) is 12.1. The molecular weight excluding hydrogens is 254 g/mol. The molecule has 0 aliphatic rings. The van der Waals surface area contributed by atoms with Crippen molar-refractivity contribution in [2.75, 3.05) is 20.3 Å². The summed E-state index contributed by atoms with van der Waals surface area (Å²) < 4.78 is 10.7. The van der Waals surface area contributed by atoms with Crippen LogP contribution in [0.2, 0.25) is 0 Å². The van der Waals surface area contributed by atoms with Crippen LogP contribution in [0.25, 0.3) is 0 Å². The van der Waals surface area contributed by atoms with Gasteiger partial charge in [-0.05, 0) is 37.5 Å². The van der Waals surface area contributed by atoms with E-state index in [9.17, 15) is 4.79 Å². The number of nitrogens with one attached hydrogen (secondary N) is 1. The van der Waals surface area contributed by atoms with Crippen molar-refractivity contribution in [2.45, 2.75) is 33.8 Å². The number of carbonyl (C=O) groups is 1. The van der Waals surface area contributed by atoms with Crippen molar-refractivity contribution in [3.8, 4) is 5.75 Å². The standard InChI is InChI=1S/C16H25NO3/c1-5-20-15-7-6-13(10-14(15)11-19-4)16(18)17-9-8-12(2)3/h6-7,10,12H,5,8-9,11H2,1-4H3,(H,17,18). The van der Waals surface area contributed by atoms with E-state index < -0.39 is 0 Å². The molecule has 0 atom stereocenters. The lowest BCUT2D eigenvalue weighted by molar-refractivity contribution is 0.0951. The molecule has 0 spiro atoms. The van der Waals surface area contributed by atoms with Crippen LogP contribution in [0.4, 0.5) is 0 Å². The molecule has 4 nitrogen and oxygen atoms in total. The summed E-state index contributed by atoms with van der Waals surface area (Å²) in [6.45, 7) is 7.94. The fraction of sp³-hybridized carbons (Fsp3) is 0.562. The Morgan fingerprint density at radius 3 is 2.70 bits per heavy atom. The molecule has 0 aromatic heterocycles. The normalized spacial score (nSPS) is 10.7. The van der Waals surface area contributed by atoms with E-state index in [1.165, 1.54) is 0 Å². The first-order valence-electron chi connectivity index (χ1n) is 7.11. The number of carbonyl (C=O) groups excluding carboxylic acids is 1. The summed E-state index contributed by atoms with van der Waals surface area (Å²) in [6, 6.07) is 5.45. The summed E-state index contributed by atoms with van der Waals surface area (Å²) in [5.41, 5.74) is 1.54. The minimum absolute atomic E-state index is 0.0500. The van der Waals surface area contributed by atoms with Crippen LogP contribution >= 0.6 is 0 Å². The van der Waals surface area contributed by atoms with Crippen LogP contribution in [0.3, 0.4) is 0 Å². The second-order valence-electron chi connectivity index (χ2n) is 5.13. The summed E-state index contributed by atoms with van der Waals surface area (Å²) >= 11 is 0. The van der Waals surface area contributed by atoms with Gasteiger partial charge in [-0.2, -0.15) is 0 Å². The molecule has 0 bridgehead atoms. The summed E-state index contributed by atoms with van der Waals surface area (Å²) in [6.07, 6.45) is 0.980. The fourth-order valence-electron chi connectivity index (χ4n) is 1.86. The van der Waals surface area contributed by atoms with Gasteiger partial charge >= 0.3 is 0 Å². The molecule has 0 aliphatic carbocycles. The van der Waals surface area contributed by atoms with E-state index in [2.05, 4.69) is 19.2 Å². The van der Waals surface area contributed by atoms with E-state index in [0.29, 0.717) is 31.2 Å². The van der Waals surface area contributed by atoms with E-state index in [0.717, 1.165) is 17.7 Å². The van der Waals surface area contributed by atoms with Crippen molar-refractivity contribution in [3.05, 3.63) is 29.3 Å². The Hall–Kier alpha value is -1.55. The third-order valence-electron chi connectivity index (χ3n) is 2.93. The molecule has 0 radical (unpaired) electrons. The molecule has 0 aliphatic heterocycles. The van der Waals surface area contributed by atoms with Crippen molar-refractivity contribution in [3.63, 3.8) is 0 Å². The predicted molar refractivity (Wildman–Crippen MR) is 80.1 cm³/mol. The second kappa shape index (κ2) is 8.59. The topological polar surface area (TPSA) is 47.6 Å². The first-order valence-corrected chi connectivity index (χ1v) is 7.11. The highest BCUT2D eigenvalue weighted by atomic mass is 16.5. The molecule has 0 saturated heterocycles. The van der Waals surface area contributed by atoms with Crippen molar-refractivity contribution in [2.24, 2.45) is 5.92 Å². The Morgan fingerprint density at radius 1 is 1.35 bits per heavy atom. The largest absolute Gasteiger partial charge is 0.494 e. The molecule has 0 heterocycles. The third-order valence-corrected chi connectivity index (χ3v) is 2.93. The Bertz CT molecular complexity index is 430. The zero-order valence-electron chi connectivity index (χ0n) is 12.9. The summed E-state index contributed by atoms with van der Waals surface area (Å²) in [5.74, 6) is 1.30. The quantitative estimate of drug-likeness (QED) is 0.795. The molecule has 0 fully saturated rings. The number of hydrogen-bond donors (Lipinski definition) is 1. The van der Waals surface area contributed by atoms with E-state index >= 15 is 0 Å². The number of rotatable bonds is 8. The maximum atomic E-state index is 12.1. The molecule has 1 aromatic rings. The van der Waals surface area contributed by atoms with Crippen molar-refractivity contribution in [1.82, 2.24) is 5.32 Å². The number of hydrogen-bond acceptors (Lipinski definition) is 3. The Labute approximate surface area is 121 Å². The second-order valence-corrected chi connectivity index (χ2v) is 5.13. The number of methoxy groups -OCH3 is 1. The van der Waals surface area contributed by atoms with Gasteiger partial charge in [-0.15, -0.1) is 0 Å². The molecule has 1 N–H and O–H groups in total. The zero-order valence-corrected chi connectivity index (χ0v) is 12.9. The van der Waals surface area contributed by atoms with Crippen LogP contribution in [0, 0.1) is 5.92 Å². The van der Waals surface area contributed by atoms with Crippen molar-refractivity contribution < 1.29 is 14.3 Å². The lowest BCUT2D eigenvalue weighted by Gasteiger charge is -2.12. The maximum Gasteiger partial charge on any atom is 0.251 e. The molecule has 1 rings (SSSR count). The van der Waals surface area contributed by atoms with Gasteiger partial charge in [-0.1, -0.05) is 13.8 Å². The molecule has 1 aromatic carbocycles. The molecule has 20 heavy (non-hydrogen) atoms. The molecule has 0 unspecified atom stereocenters. The van der Waals surface area contributed by atoms with Crippen LogP contribution in [0.1, 0.15) is 43.1 Å². The first kappa shape index (κ1) is 16.5. The molecule has 0 saturated carbocycles. The van der Waals surface area contributed by atoms with E-state index in [1.807, 2.05) is 19.1 Å². The number of benzene rings is 1. The highest BCUT2D eigenvalue weighted by molar-refractivity contribution is 5.94. The monoisotopic (exact) mass is 279 g/mol. The molecule has 112 valence electrons. The van der Waals surface area contributed by atoms with Crippen LogP contribution < -0.4 is 10.1 Å². The SMILES string of the molecule is CCOc1ccc(C(=O)NCCC(C)C)cc1COC. The van der Waals surface area contributed by atoms with Gasteiger partial charge in [0.1, 0.15) is 5.75 Å². The van der Waals surface area contributed by atoms with Gasteiger partial charge in [-0.25, -0.2) is 0 Å². The highest BCUT2D eigenvalue weighted by Gasteiger charge is 2.10. The minimum Gasteiger partial charge on any atom is -0.494 e. The van der Waals surface area contributed by atoms with Gasteiger partial charge in [0.25, 0.3) is 5.91 Å². The minimum atomic E-state index is -0.0500. The van der Waals surface area contributed by atoms with Gasteiger partial charge in [-0.3, -0.25) is 4.79 Å². The fourth-order valence-corrected chi connectivity index (χ4v) is 1.86. The van der Waals surface area contributed by atoms with Crippen molar-refractivity contribution >= 4 is 5.91 Å². The Balaban J connectivity index is 2.74. The van der Waals surface area contributed by atoms with Gasteiger partial charge in [0, 0.05) is 24.8 Å². The van der Waals surface area contributed by atoms with Crippen LogP contribution in [0.5, 0.6) is 5.75 Å². The number of ether oxygens (including phenoxy) is 2. The van der Waals surface area contributed by atoms with E-state index in [-0.39, 0.29) is 5.91 Å². The van der Waals surface area contributed by atoms with E-state index in [1.54, 1.807) is 13.2 Å². The summed E-state index contributed by atoms with van der Waals surface area (Å²) in [5, 5.41) is 2.93. The van der Waals surface area contributed by atoms with Gasteiger partial charge in [0.05, 0.1) is 13.2 Å². The van der Waals surface area contributed by atoms with Crippen LogP contribution in [-0.4, -0.2) is 26.2 Å². The average molecular weight is 279 g/mol. The zero-order chi connectivity index (χ0) is 15.0. The third kappa shape index (κ3) is 5.21. The maximum absolute atomic E-state index is 12.1. The Morgan fingerprint density at radius 2 is 2.10 bits per heavy atom. The van der Waals surface area contributed by atoms with E-state index in [4.69, 9.17) is 9.47 Å². The Kier molecular flexibility index (Phi) is 7.09. The first-order chi connectivity index (χ1) is 9.58. The van der Waals surface area contributed by atoms with Crippen molar-refractivity contribution in [1.29, 1.82) is 0 Å². The predicted octanol–water partition coefficient (Wildman–Crippen LogP) is 3.01. The lowest BCUT2D eigenvalue weighted by Crippen LogP contribution is -2.25. The highest BCUT2D eigenvalue weighted by Crippen LogP contribution is 2.21. The summed E-state index contributed by atoms with van der Waals surface area (Å²) in [7, 11) is 1.63. The smallest absolute Gasteiger partial charge is 0.251 e. The van der Waals surface area contributed by atoms with Gasteiger partial charge in [0.15, 0.2) is 0 Å². The average Bonchev–Trinajstić information content (AvgIpc) is 2.40. The van der Waals surface area contributed by atoms with Gasteiger partial charge < -0.3 is 14.8 Å². The molecule has 1 amide bonds. The van der Waals surface area contributed by atoms with Crippen LogP contribution in [-0.2, 0) is 11.3 Å².